The highest BCUT2D eigenvalue weighted by molar-refractivity contribution is 6.01. The van der Waals surface area contributed by atoms with E-state index in [0.29, 0.717) is 12.1 Å². The summed E-state index contributed by atoms with van der Waals surface area (Å²) in [7, 11) is 3.25. The van der Waals surface area contributed by atoms with Gasteiger partial charge in [-0.1, -0.05) is 71.4 Å². The first-order valence-corrected chi connectivity index (χ1v) is 21.1. The molecular formula is C46H73N5O3. The summed E-state index contributed by atoms with van der Waals surface area (Å²) < 4.78 is 11.0. The average molecular weight is 744 g/mol. The predicted octanol–water partition coefficient (Wildman–Crippen LogP) is 9.18. The summed E-state index contributed by atoms with van der Waals surface area (Å²) in [5.74, 6) is 2.89. The van der Waals surface area contributed by atoms with E-state index in [2.05, 4.69) is 109 Å². The third-order valence-electron chi connectivity index (χ3n) is 11.8. The number of piperazine rings is 1. The summed E-state index contributed by atoms with van der Waals surface area (Å²) in [6, 6.07) is 14.7. The fraction of sp³-hybridized carbons (Fsp3) is 0.652. The van der Waals surface area contributed by atoms with Crippen molar-refractivity contribution < 1.29 is 14.3 Å². The van der Waals surface area contributed by atoms with Gasteiger partial charge in [0.25, 0.3) is 0 Å². The maximum atomic E-state index is 8.81. The highest BCUT2D eigenvalue weighted by Gasteiger charge is 2.45. The van der Waals surface area contributed by atoms with Crippen LogP contribution in [0.25, 0.3) is 10.8 Å². The quantitative estimate of drug-likeness (QED) is 0.119. The van der Waals surface area contributed by atoms with E-state index in [1.165, 1.54) is 104 Å². The molecule has 1 N–H and O–H groups in total. The van der Waals surface area contributed by atoms with Gasteiger partial charge in [-0.05, 0) is 125 Å². The van der Waals surface area contributed by atoms with E-state index < -0.39 is 0 Å². The van der Waals surface area contributed by atoms with Crippen LogP contribution in [0, 0.1) is 5.92 Å². The lowest BCUT2D eigenvalue weighted by Crippen LogP contribution is -2.54. The molecule has 300 valence electrons. The molecule has 5 aliphatic rings. The predicted molar refractivity (Wildman–Crippen MR) is 229 cm³/mol. The van der Waals surface area contributed by atoms with Crippen molar-refractivity contribution in [3.63, 3.8) is 0 Å². The van der Waals surface area contributed by atoms with Crippen molar-refractivity contribution in [2.45, 2.75) is 130 Å². The van der Waals surface area contributed by atoms with Gasteiger partial charge in [0.05, 0.1) is 5.54 Å². The molecule has 7 rings (SSSR count). The van der Waals surface area contributed by atoms with Gasteiger partial charge < -0.3 is 29.4 Å². The number of amidine groups is 1. The van der Waals surface area contributed by atoms with Crippen molar-refractivity contribution in [3.05, 3.63) is 65.1 Å². The molecule has 4 fully saturated rings. The lowest BCUT2D eigenvalue weighted by Gasteiger charge is -2.39. The standard InChI is InChI=1S/C37H51N5O.C5H12.C2H6O.C2H4O/c1-4-10-34(43-26-37-18-8-20-42(37)21-9-19-37)39-36(41-24-30-15-16-31(25-41)38-30)32-17-22-40(23-27(32)3)33-14-7-13-29-12-6-11-28(5-2)35(29)33;1-4-5(2)3;1-3-2;1-2-3/h6-7,10-14,30-31,38H,4-5,8-9,15-26H2,1-3H3;5H,4H2,1-3H3;1-2H3;2H,1H3/b34-10-,39-36+;;;. The molecule has 0 aliphatic carbocycles. The van der Waals surface area contributed by atoms with Crippen molar-refractivity contribution >= 4 is 28.6 Å². The number of fused-ring (bicyclic) bond motifs is 4. The van der Waals surface area contributed by atoms with Gasteiger partial charge in [0.15, 0.2) is 0 Å². The highest BCUT2D eigenvalue weighted by atomic mass is 16.5. The van der Waals surface area contributed by atoms with E-state index >= 15 is 0 Å². The highest BCUT2D eigenvalue weighted by Crippen LogP contribution is 2.40. The molecule has 0 amide bonds. The Morgan fingerprint density at radius 2 is 1.61 bits per heavy atom. The van der Waals surface area contributed by atoms with Gasteiger partial charge in [-0.25, -0.2) is 0 Å². The number of carbonyl (C=O) groups excluding carboxylic acids is 1. The topological polar surface area (TPSA) is 69.6 Å². The van der Waals surface area contributed by atoms with Crippen LogP contribution in [0.15, 0.2) is 64.5 Å². The van der Waals surface area contributed by atoms with Crippen LogP contribution in [0.1, 0.15) is 112 Å². The Labute approximate surface area is 328 Å². The van der Waals surface area contributed by atoms with Crippen LogP contribution < -0.4 is 10.2 Å². The number of aryl methyl sites for hydroxylation is 1. The first kappa shape index (κ1) is 43.5. The zero-order valence-electron chi connectivity index (χ0n) is 35.4. The summed E-state index contributed by atoms with van der Waals surface area (Å²) >= 11 is 0. The van der Waals surface area contributed by atoms with E-state index in [0.717, 1.165) is 70.1 Å². The molecule has 0 spiro atoms. The molecule has 54 heavy (non-hydrogen) atoms. The average Bonchev–Trinajstić information content (AvgIpc) is 3.86. The van der Waals surface area contributed by atoms with Gasteiger partial charge >= 0.3 is 0 Å². The molecule has 5 aliphatic heterocycles. The number of nitrogens with zero attached hydrogens (tertiary/aromatic N) is 4. The van der Waals surface area contributed by atoms with E-state index in [1.54, 1.807) is 14.2 Å². The molecule has 8 nitrogen and oxygen atoms in total. The number of ether oxygens (including phenoxy) is 2. The van der Waals surface area contributed by atoms with Crippen LogP contribution in [0.2, 0.25) is 0 Å². The van der Waals surface area contributed by atoms with Gasteiger partial charge in [0.1, 0.15) is 18.7 Å². The normalized spacial score (nSPS) is 22.3. The molecule has 2 bridgehead atoms. The third-order valence-corrected chi connectivity index (χ3v) is 11.8. The molecule has 0 aromatic heterocycles. The van der Waals surface area contributed by atoms with Crippen molar-refractivity contribution in [2.24, 2.45) is 10.9 Å². The molecule has 2 aromatic rings. The van der Waals surface area contributed by atoms with Gasteiger partial charge in [0, 0.05) is 63.6 Å². The molecule has 8 heteroatoms. The molecule has 2 unspecified atom stereocenters. The number of allylic oxidation sites excluding steroid dienone is 1. The van der Waals surface area contributed by atoms with Gasteiger partial charge in [-0.2, -0.15) is 4.99 Å². The molecule has 4 saturated heterocycles. The van der Waals surface area contributed by atoms with Gasteiger partial charge in [-0.3, -0.25) is 4.90 Å². The number of carbonyl (C=O) groups is 1. The summed E-state index contributed by atoms with van der Waals surface area (Å²) in [5, 5.41) is 6.60. The Balaban J connectivity index is 0.000000526. The van der Waals surface area contributed by atoms with Gasteiger partial charge in [0.2, 0.25) is 5.88 Å². The SMILES string of the molecule is CC/C=C(/N=C(\C1=C(C)CN(c2cccc3cccc(CC)c23)CC1)N1CC2CCC(C1)N2)OCC12CCCN1CCC2.CC=O.CCC(C)C.COC. The summed E-state index contributed by atoms with van der Waals surface area (Å²) in [5.41, 5.74) is 5.91. The molecule has 5 heterocycles. The molecular weight excluding hydrogens is 671 g/mol. The number of anilines is 1. The number of nitrogens with one attached hydrogen (secondary N) is 1. The monoisotopic (exact) mass is 744 g/mol. The lowest BCUT2D eigenvalue weighted by molar-refractivity contribution is -0.106. The Morgan fingerprint density at radius 1 is 1.00 bits per heavy atom. The first-order valence-electron chi connectivity index (χ1n) is 21.1. The minimum atomic E-state index is 0.229. The van der Waals surface area contributed by atoms with E-state index in [-0.39, 0.29) is 5.54 Å². The maximum absolute atomic E-state index is 8.81. The minimum absolute atomic E-state index is 0.229. The van der Waals surface area contributed by atoms with Crippen LogP contribution in [0.5, 0.6) is 0 Å². The number of rotatable bonds is 9. The molecule has 2 atom stereocenters. The van der Waals surface area contributed by atoms with Crippen LogP contribution in [-0.2, 0) is 20.7 Å². The fourth-order valence-corrected chi connectivity index (χ4v) is 8.77. The number of hydrogen-bond donors (Lipinski definition) is 1. The summed E-state index contributed by atoms with van der Waals surface area (Å²) in [6.07, 6.45) is 14.9. The van der Waals surface area contributed by atoms with Gasteiger partial charge in [-0.15, -0.1) is 0 Å². The largest absolute Gasteiger partial charge is 0.476 e. The second-order valence-corrected chi connectivity index (χ2v) is 16.2. The number of likely N-dealkylation sites (tertiary alicyclic amines) is 1. The fourth-order valence-electron chi connectivity index (χ4n) is 8.77. The second-order valence-electron chi connectivity index (χ2n) is 16.2. The van der Waals surface area contributed by atoms with E-state index in [4.69, 9.17) is 14.5 Å². The van der Waals surface area contributed by atoms with Crippen LogP contribution in [0.3, 0.4) is 0 Å². The van der Waals surface area contributed by atoms with Crippen LogP contribution in [-0.4, -0.2) is 99.6 Å². The zero-order chi connectivity index (χ0) is 39.1. The second kappa shape index (κ2) is 21.8. The zero-order valence-corrected chi connectivity index (χ0v) is 35.4. The number of aliphatic imine (C=N–C) groups is 1. The first-order chi connectivity index (χ1) is 26.2. The van der Waals surface area contributed by atoms with Crippen LogP contribution in [0.4, 0.5) is 5.69 Å². The number of hydrogen-bond acceptors (Lipinski definition) is 7. The number of aldehydes is 1. The molecule has 2 aromatic carbocycles. The Hall–Kier alpha value is -3.20. The number of benzene rings is 2. The Kier molecular flexibility index (Phi) is 17.6. The third kappa shape index (κ3) is 11.2. The summed E-state index contributed by atoms with van der Waals surface area (Å²) in [6.45, 7) is 22.2. The van der Waals surface area contributed by atoms with Crippen molar-refractivity contribution in [1.82, 2.24) is 15.1 Å². The van der Waals surface area contributed by atoms with Crippen molar-refractivity contribution in [1.29, 1.82) is 0 Å². The Morgan fingerprint density at radius 3 is 2.17 bits per heavy atom. The maximum Gasteiger partial charge on any atom is 0.211 e. The summed E-state index contributed by atoms with van der Waals surface area (Å²) in [4.78, 5) is 22.2. The van der Waals surface area contributed by atoms with E-state index in [9.17, 15) is 0 Å². The molecule has 0 radical (unpaired) electrons. The smallest absolute Gasteiger partial charge is 0.211 e. The Bertz CT molecular complexity index is 1540. The van der Waals surface area contributed by atoms with E-state index in [1.807, 2.05) is 0 Å². The van der Waals surface area contributed by atoms with Crippen molar-refractivity contribution in [2.75, 3.05) is 65.0 Å². The van der Waals surface area contributed by atoms with Crippen molar-refractivity contribution in [3.8, 4) is 0 Å². The molecule has 0 saturated carbocycles. The minimum Gasteiger partial charge on any atom is -0.476 e. The van der Waals surface area contributed by atoms with Crippen LogP contribution >= 0.6 is 0 Å². The lowest BCUT2D eigenvalue weighted by atomic mass is 9.95. The number of methoxy groups -OCH3 is 1.